The maximum atomic E-state index is 11.2. The molecule has 4 atom stereocenters. The first kappa shape index (κ1) is 12.9. The summed E-state index contributed by atoms with van der Waals surface area (Å²) in [4.78, 5) is 15.0. The van der Waals surface area contributed by atoms with Crippen molar-refractivity contribution in [3.8, 4) is 6.01 Å². The van der Waals surface area contributed by atoms with Gasteiger partial charge in [0.05, 0.1) is 24.6 Å². The minimum absolute atomic E-state index is 0.0553. The van der Waals surface area contributed by atoms with Crippen LogP contribution < -0.4 is 10.3 Å². The van der Waals surface area contributed by atoms with Gasteiger partial charge in [-0.1, -0.05) is 0 Å². The lowest BCUT2D eigenvalue weighted by Crippen LogP contribution is -2.33. The number of aliphatic hydroxyl groups is 2. The van der Waals surface area contributed by atoms with Crippen LogP contribution in [0.2, 0.25) is 0 Å². The summed E-state index contributed by atoms with van der Waals surface area (Å²) in [5.74, 6) is 0.540. The van der Waals surface area contributed by atoms with Gasteiger partial charge >= 0.3 is 6.01 Å². The number of aliphatic hydroxyl groups excluding tert-OH is 2. The molecule has 1 fully saturated rings. The van der Waals surface area contributed by atoms with Gasteiger partial charge in [-0.2, -0.15) is 4.98 Å². The van der Waals surface area contributed by atoms with Gasteiger partial charge < -0.3 is 19.7 Å². The number of nitrogens with zero attached hydrogens (tertiary/aromatic N) is 2. The van der Waals surface area contributed by atoms with Crippen molar-refractivity contribution in [1.29, 1.82) is 0 Å². The monoisotopic (exact) mass is 286 g/mol. The van der Waals surface area contributed by atoms with Crippen molar-refractivity contribution >= 4 is 11.8 Å². The van der Waals surface area contributed by atoms with Crippen molar-refractivity contribution in [3.63, 3.8) is 0 Å². The summed E-state index contributed by atoms with van der Waals surface area (Å²) >= 11 is 1.49. The molecular weight excluding hydrogens is 272 g/mol. The van der Waals surface area contributed by atoms with Crippen LogP contribution >= 0.6 is 11.8 Å². The van der Waals surface area contributed by atoms with E-state index in [-0.39, 0.29) is 48.5 Å². The quantitative estimate of drug-likeness (QED) is 0.732. The fourth-order valence-corrected chi connectivity index (χ4v) is 3.52. The lowest BCUT2D eigenvalue weighted by molar-refractivity contribution is -0.0251. The smallest absolute Gasteiger partial charge is 0.302 e. The summed E-state index contributed by atoms with van der Waals surface area (Å²) in [6.07, 6.45) is 0.557. The maximum absolute atomic E-state index is 11.2. The minimum atomic E-state index is -0.378. The second-order valence-electron chi connectivity index (χ2n) is 4.34. The molecule has 2 aliphatic rings. The van der Waals surface area contributed by atoms with E-state index in [1.54, 1.807) is 10.8 Å². The largest absolute Gasteiger partial charge is 0.455 e. The van der Waals surface area contributed by atoms with E-state index in [4.69, 9.17) is 14.6 Å². The van der Waals surface area contributed by atoms with E-state index >= 15 is 0 Å². The van der Waals surface area contributed by atoms with Crippen LogP contribution in [0.3, 0.4) is 0 Å². The van der Waals surface area contributed by atoms with Crippen molar-refractivity contribution in [1.82, 2.24) is 9.55 Å². The van der Waals surface area contributed by atoms with Gasteiger partial charge in [-0.25, -0.2) is 0 Å². The zero-order valence-corrected chi connectivity index (χ0v) is 10.8. The fourth-order valence-electron chi connectivity index (χ4n) is 2.39. The number of ether oxygens (including phenoxy) is 2. The summed E-state index contributed by atoms with van der Waals surface area (Å²) in [6, 6.07) is 1.59. The number of fused-ring (bicyclic) bond motifs is 3. The van der Waals surface area contributed by atoms with Gasteiger partial charge in [-0.05, 0) is 0 Å². The third-order valence-electron chi connectivity index (χ3n) is 3.19. The van der Waals surface area contributed by atoms with Crippen LogP contribution in [0.25, 0.3) is 0 Å². The maximum Gasteiger partial charge on any atom is 0.302 e. The molecule has 3 heterocycles. The predicted molar refractivity (Wildman–Crippen MR) is 67.2 cm³/mol. The number of rotatable bonds is 4. The Hall–Kier alpha value is -1.09. The number of hydrogen-bond acceptors (Lipinski definition) is 7. The van der Waals surface area contributed by atoms with Crippen LogP contribution in [0.4, 0.5) is 0 Å². The van der Waals surface area contributed by atoms with Crippen LogP contribution in [-0.4, -0.2) is 56.2 Å². The molecule has 1 saturated heterocycles. The van der Waals surface area contributed by atoms with Gasteiger partial charge in [-0.15, -0.1) is 11.8 Å². The summed E-state index contributed by atoms with van der Waals surface area (Å²) < 4.78 is 13.1. The van der Waals surface area contributed by atoms with Crippen LogP contribution in [0.1, 0.15) is 6.23 Å². The molecule has 1 aromatic rings. The molecule has 0 aliphatic carbocycles. The Kier molecular flexibility index (Phi) is 3.48. The summed E-state index contributed by atoms with van der Waals surface area (Å²) in [6.45, 7) is -0.0534. The second-order valence-corrected chi connectivity index (χ2v) is 5.63. The van der Waals surface area contributed by atoms with E-state index in [2.05, 4.69) is 4.98 Å². The van der Waals surface area contributed by atoms with Crippen LogP contribution in [0.5, 0.6) is 6.01 Å². The number of thioether (sulfide) groups is 1. The van der Waals surface area contributed by atoms with Crippen LogP contribution in [-0.2, 0) is 4.74 Å². The number of hydrogen-bond donors (Lipinski definition) is 2. The Bertz CT molecular complexity index is 522. The zero-order valence-electron chi connectivity index (χ0n) is 10.0. The molecule has 104 valence electrons. The highest BCUT2D eigenvalue weighted by atomic mass is 32.2. The van der Waals surface area contributed by atoms with Gasteiger partial charge in [0.1, 0.15) is 0 Å². The second kappa shape index (κ2) is 5.12. The molecule has 0 bridgehead atoms. The molecule has 0 unspecified atom stereocenters. The first-order valence-electron chi connectivity index (χ1n) is 5.99. The lowest BCUT2D eigenvalue weighted by Gasteiger charge is -2.19. The summed E-state index contributed by atoms with van der Waals surface area (Å²) in [5, 5.41) is 18.2. The highest BCUT2D eigenvalue weighted by Crippen LogP contribution is 2.43. The van der Waals surface area contributed by atoms with E-state index in [0.717, 1.165) is 0 Å². The zero-order chi connectivity index (χ0) is 13.4. The molecule has 19 heavy (non-hydrogen) atoms. The summed E-state index contributed by atoms with van der Waals surface area (Å²) in [7, 11) is 0. The van der Waals surface area contributed by atoms with Crippen LogP contribution in [0, 0.1) is 0 Å². The van der Waals surface area contributed by atoms with Crippen molar-refractivity contribution in [2.75, 3.05) is 19.0 Å². The standard InChI is InChI=1S/C11H14N2O5S/c14-3-4-19-9-6(5-15)17-10-8(9)18-11-12-7(16)1-2-13(10)11/h1-2,6,8-10,14-15H,3-5H2/t6-,8+,9-,10-/m1/s1. The lowest BCUT2D eigenvalue weighted by atomic mass is 10.2. The highest BCUT2D eigenvalue weighted by Gasteiger charge is 2.51. The number of aromatic nitrogens is 2. The molecular formula is C11H14N2O5S. The molecule has 8 heteroatoms. The fraction of sp³-hybridized carbons (Fsp3) is 0.636. The predicted octanol–water partition coefficient (Wildman–Crippen LogP) is -1.01. The first-order chi connectivity index (χ1) is 9.24. The molecule has 0 aromatic carbocycles. The van der Waals surface area contributed by atoms with Gasteiger partial charge in [0, 0.05) is 18.0 Å². The van der Waals surface area contributed by atoms with E-state index in [9.17, 15) is 9.90 Å². The van der Waals surface area contributed by atoms with E-state index in [1.807, 2.05) is 0 Å². The van der Waals surface area contributed by atoms with Crippen molar-refractivity contribution in [2.45, 2.75) is 23.7 Å². The SMILES string of the molecule is O=c1ccn2c(n1)O[C@H]1[C@H](SCCO)[C@@H](CO)O[C@H]12. The molecule has 0 radical (unpaired) electrons. The van der Waals surface area contributed by atoms with E-state index in [0.29, 0.717) is 5.75 Å². The molecule has 0 spiro atoms. The Morgan fingerprint density at radius 3 is 3.05 bits per heavy atom. The molecule has 2 aliphatic heterocycles. The van der Waals surface area contributed by atoms with Crippen molar-refractivity contribution < 1.29 is 19.7 Å². The molecule has 3 rings (SSSR count). The average Bonchev–Trinajstić information content (AvgIpc) is 2.91. The van der Waals surface area contributed by atoms with E-state index < -0.39 is 0 Å². The Morgan fingerprint density at radius 2 is 2.32 bits per heavy atom. The average molecular weight is 286 g/mol. The van der Waals surface area contributed by atoms with Crippen LogP contribution in [0.15, 0.2) is 17.1 Å². The first-order valence-corrected chi connectivity index (χ1v) is 7.04. The minimum Gasteiger partial charge on any atom is -0.455 e. The molecule has 1 aromatic heterocycles. The Morgan fingerprint density at radius 1 is 1.47 bits per heavy atom. The van der Waals surface area contributed by atoms with Gasteiger partial charge in [0.25, 0.3) is 5.56 Å². The topological polar surface area (TPSA) is 93.8 Å². The van der Waals surface area contributed by atoms with Crippen molar-refractivity contribution in [2.24, 2.45) is 0 Å². The third-order valence-corrected chi connectivity index (χ3v) is 4.56. The van der Waals surface area contributed by atoms with Crippen molar-refractivity contribution in [3.05, 3.63) is 22.6 Å². The molecule has 2 N–H and O–H groups in total. The Balaban J connectivity index is 1.86. The Labute approximate surface area is 113 Å². The van der Waals surface area contributed by atoms with E-state index in [1.165, 1.54) is 17.8 Å². The van der Waals surface area contributed by atoms with Gasteiger partial charge in [0.2, 0.25) is 0 Å². The summed E-state index contributed by atoms with van der Waals surface area (Å²) in [5.41, 5.74) is -0.357. The molecule has 7 nitrogen and oxygen atoms in total. The molecule has 0 amide bonds. The third kappa shape index (κ3) is 2.14. The van der Waals surface area contributed by atoms with Gasteiger partial charge in [0.15, 0.2) is 12.3 Å². The molecule has 0 saturated carbocycles. The van der Waals surface area contributed by atoms with Gasteiger partial charge in [-0.3, -0.25) is 9.36 Å². The normalized spacial score (nSPS) is 31.9. The highest BCUT2D eigenvalue weighted by molar-refractivity contribution is 8.00.